The first-order valence-corrected chi connectivity index (χ1v) is 6.98. The molecule has 1 saturated carbocycles. The van der Waals surface area contributed by atoms with Crippen LogP contribution in [0.2, 0.25) is 0 Å². The third kappa shape index (κ3) is 4.70. The van der Waals surface area contributed by atoms with E-state index >= 15 is 0 Å². The largest absolute Gasteiger partial charge is 0.480 e. The van der Waals surface area contributed by atoms with Gasteiger partial charge in [0, 0.05) is 25.7 Å². The minimum absolute atomic E-state index is 0.0339. The first kappa shape index (κ1) is 15.8. The van der Waals surface area contributed by atoms with Crippen molar-refractivity contribution < 1.29 is 19.8 Å². The summed E-state index contributed by atoms with van der Waals surface area (Å²) in [7, 11) is 0. The predicted octanol–water partition coefficient (Wildman–Crippen LogP) is 1.14. The standard InChI is InChI=1S/C13H24N2O4/c1-2-14(8-5-9-16)13(19)15(10-12(17)18)11-6-3-4-7-11/h11,16H,2-10H2,1H3,(H,17,18). The Bertz CT molecular complexity index is 303. The van der Waals surface area contributed by atoms with E-state index in [9.17, 15) is 9.59 Å². The fourth-order valence-electron chi connectivity index (χ4n) is 2.55. The Kier molecular flexibility index (Phi) is 6.62. The highest BCUT2D eigenvalue weighted by atomic mass is 16.4. The van der Waals surface area contributed by atoms with Crippen LogP contribution in [0.25, 0.3) is 0 Å². The summed E-state index contributed by atoms with van der Waals surface area (Å²) in [4.78, 5) is 26.4. The zero-order valence-corrected chi connectivity index (χ0v) is 11.5. The number of amides is 2. The van der Waals surface area contributed by atoms with Gasteiger partial charge in [-0.05, 0) is 26.2 Å². The number of urea groups is 1. The van der Waals surface area contributed by atoms with Gasteiger partial charge in [0.2, 0.25) is 0 Å². The van der Waals surface area contributed by atoms with Crippen LogP contribution in [0.1, 0.15) is 39.0 Å². The van der Waals surface area contributed by atoms with Crippen LogP contribution in [0, 0.1) is 0 Å². The van der Waals surface area contributed by atoms with Gasteiger partial charge in [0.25, 0.3) is 0 Å². The predicted molar refractivity (Wildman–Crippen MR) is 70.9 cm³/mol. The van der Waals surface area contributed by atoms with Crippen LogP contribution in [0.15, 0.2) is 0 Å². The number of aliphatic carboxylic acids is 1. The number of carboxylic acids is 1. The van der Waals surface area contributed by atoms with Crippen LogP contribution >= 0.6 is 0 Å². The van der Waals surface area contributed by atoms with E-state index in [1.54, 1.807) is 4.90 Å². The summed E-state index contributed by atoms with van der Waals surface area (Å²) in [6.45, 7) is 2.66. The number of carbonyl (C=O) groups is 2. The van der Waals surface area contributed by atoms with Crippen molar-refractivity contribution in [1.82, 2.24) is 9.80 Å². The SMILES string of the molecule is CCN(CCCO)C(=O)N(CC(=O)O)C1CCCC1. The zero-order valence-electron chi connectivity index (χ0n) is 11.5. The van der Waals surface area contributed by atoms with Crippen molar-refractivity contribution >= 4 is 12.0 Å². The van der Waals surface area contributed by atoms with E-state index in [1.165, 1.54) is 4.90 Å². The van der Waals surface area contributed by atoms with E-state index in [0.717, 1.165) is 25.7 Å². The maximum absolute atomic E-state index is 12.4. The number of carbonyl (C=O) groups excluding carboxylic acids is 1. The number of aliphatic hydroxyl groups is 1. The first-order valence-electron chi connectivity index (χ1n) is 6.98. The molecule has 0 aromatic carbocycles. The molecule has 19 heavy (non-hydrogen) atoms. The molecule has 110 valence electrons. The van der Waals surface area contributed by atoms with Crippen LogP contribution in [0.5, 0.6) is 0 Å². The summed E-state index contributed by atoms with van der Waals surface area (Å²) in [6, 6.07) is -0.169. The maximum Gasteiger partial charge on any atom is 0.323 e. The van der Waals surface area contributed by atoms with Crippen molar-refractivity contribution in [2.45, 2.75) is 45.1 Å². The molecule has 0 heterocycles. The number of hydrogen-bond donors (Lipinski definition) is 2. The molecule has 0 aliphatic heterocycles. The van der Waals surface area contributed by atoms with Crippen LogP contribution in [-0.2, 0) is 4.79 Å². The van der Waals surface area contributed by atoms with Gasteiger partial charge in [0.1, 0.15) is 6.54 Å². The summed E-state index contributed by atoms with van der Waals surface area (Å²) in [5, 5.41) is 17.8. The number of nitrogens with zero attached hydrogens (tertiary/aromatic N) is 2. The molecule has 0 saturated heterocycles. The van der Waals surface area contributed by atoms with Gasteiger partial charge in [0.15, 0.2) is 0 Å². The number of hydrogen-bond acceptors (Lipinski definition) is 3. The number of carboxylic acid groups (broad SMARTS) is 1. The Morgan fingerprint density at radius 2 is 1.89 bits per heavy atom. The number of rotatable bonds is 7. The van der Waals surface area contributed by atoms with Crippen molar-refractivity contribution in [1.29, 1.82) is 0 Å². The molecular formula is C13H24N2O4. The van der Waals surface area contributed by atoms with Gasteiger partial charge in [-0.15, -0.1) is 0 Å². The monoisotopic (exact) mass is 272 g/mol. The molecule has 1 aliphatic carbocycles. The lowest BCUT2D eigenvalue weighted by Crippen LogP contribution is -2.49. The summed E-state index contributed by atoms with van der Waals surface area (Å²) < 4.78 is 0. The van der Waals surface area contributed by atoms with E-state index in [2.05, 4.69) is 0 Å². The topological polar surface area (TPSA) is 81.1 Å². The lowest BCUT2D eigenvalue weighted by atomic mass is 10.2. The fourth-order valence-corrected chi connectivity index (χ4v) is 2.55. The second-order valence-electron chi connectivity index (χ2n) is 4.90. The smallest absolute Gasteiger partial charge is 0.323 e. The normalized spacial score (nSPS) is 15.5. The zero-order chi connectivity index (χ0) is 14.3. The van der Waals surface area contributed by atoms with E-state index in [1.807, 2.05) is 6.92 Å². The molecule has 1 fully saturated rings. The van der Waals surface area contributed by atoms with E-state index in [0.29, 0.717) is 19.5 Å². The summed E-state index contributed by atoms with van der Waals surface area (Å²) in [5.74, 6) is -0.974. The molecule has 0 aromatic rings. The molecule has 6 heteroatoms. The fraction of sp³-hybridized carbons (Fsp3) is 0.846. The molecule has 2 amide bonds. The van der Waals surface area contributed by atoms with Crippen LogP contribution in [0.4, 0.5) is 4.79 Å². The molecular weight excluding hydrogens is 248 g/mol. The molecule has 1 rings (SSSR count). The highest BCUT2D eigenvalue weighted by Gasteiger charge is 2.30. The van der Waals surface area contributed by atoms with Gasteiger partial charge >= 0.3 is 12.0 Å². The van der Waals surface area contributed by atoms with Gasteiger partial charge < -0.3 is 20.0 Å². The van der Waals surface area contributed by atoms with Crippen molar-refractivity contribution in [3.8, 4) is 0 Å². The minimum atomic E-state index is -0.974. The highest BCUT2D eigenvalue weighted by Crippen LogP contribution is 2.24. The quantitative estimate of drug-likeness (QED) is 0.728. The van der Waals surface area contributed by atoms with Gasteiger partial charge in [0.05, 0.1) is 0 Å². The van der Waals surface area contributed by atoms with E-state index in [-0.39, 0.29) is 25.2 Å². The lowest BCUT2D eigenvalue weighted by molar-refractivity contribution is -0.138. The van der Waals surface area contributed by atoms with Gasteiger partial charge in [-0.2, -0.15) is 0 Å². The van der Waals surface area contributed by atoms with Gasteiger partial charge in [-0.3, -0.25) is 4.79 Å². The molecule has 2 N–H and O–H groups in total. The molecule has 0 atom stereocenters. The van der Waals surface area contributed by atoms with E-state index in [4.69, 9.17) is 10.2 Å². The van der Waals surface area contributed by atoms with Crippen molar-refractivity contribution in [2.75, 3.05) is 26.2 Å². The van der Waals surface area contributed by atoms with Gasteiger partial charge in [-0.1, -0.05) is 12.8 Å². The molecule has 0 bridgehead atoms. The average Bonchev–Trinajstić information content (AvgIpc) is 2.90. The molecule has 0 radical (unpaired) electrons. The van der Waals surface area contributed by atoms with Crippen LogP contribution in [-0.4, -0.2) is 64.3 Å². The molecule has 0 aromatic heterocycles. The Balaban J connectivity index is 2.70. The lowest BCUT2D eigenvalue weighted by Gasteiger charge is -2.33. The van der Waals surface area contributed by atoms with Crippen molar-refractivity contribution in [2.24, 2.45) is 0 Å². The molecule has 0 unspecified atom stereocenters. The second kappa shape index (κ2) is 7.99. The van der Waals surface area contributed by atoms with E-state index < -0.39 is 5.97 Å². The first-order chi connectivity index (χ1) is 9.10. The Morgan fingerprint density at radius 1 is 1.26 bits per heavy atom. The summed E-state index contributed by atoms with van der Waals surface area (Å²) in [5.41, 5.74) is 0. The average molecular weight is 272 g/mol. The minimum Gasteiger partial charge on any atom is -0.480 e. The molecule has 6 nitrogen and oxygen atoms in total. The number of aliphatic hydroxyl groups excluding tert-OH is 1. The highest BCUT2D eigenvalue weighted by molar-refractivity contribution is 5.80. The third-order valence-electron chi connectivity index (χ3n) is 3.56. The Morgan fingerprint density at radius 3 is 2.37 bits per heavy atom. The molecule has 1 aliphatic rings. The molecule has 0 spiro atoms. The van der Waals surface area contributed by atoms with Crippen LogP contribution < -0.4 is 0 Å². The summed E-state index contributed by atoms with van der Waals surface area (Å²) in [6.07, 6.45) is 4.39. The third-order valence-corrected chi connectivity index (χ3v) is 3.56. The maximum atomic E-state index is 12.4. The van der Waals surface area contributed by atoms with Gasteiger partial charge in [-0.25, -0.2) is 4.79 Å². The van der Waals surface area contributed by atoms with Crippen molar-refractivity contribution in [3.63, 3.8) is 0 Å². The Labute approximate surface area is 114 Å². The Hall–Kier alpha value is -1.30. The van der Waals surface area contributed by atoms with Crippen molar-refractivity contribution in [3.05, 3.63) is 0 Å². The second-order valence-corrected chi connectivity index (χ2v) is 4.90. The van der Waals surface area contributed by atoms with Crippen LogP contribution in [0.3, 0.4) is 0 Å². The summed E-state index contributed by atoms with van der Waals surface area (Å²) >= 11 is 0.